The number of carbonyl (C=O) groups is 2. The van der Waals surface area contributed by atoms with Crippen LogP contribution in [0.15, 0.2) is 18.2 Å². The number of hydrogen-bond acceptors (Lipinski definition) is 5. The van der Waals surface area contributed by atoms with Gasteiger partial charge in [-0.25, -0.2) is 0 Å². The van der Waals surface area contributed by atoms with E-state index in [0.29, 0.717) is 43.2 Å². The van der Waals surface area contributed by atoms with E-state index in [-0.39, 0.29) is 30.3 Å². The highest BCUT2D eigenvalue weighted by molar-refractivity contribution is 5.98. The number of nitrogens with zero attached hydrogens (tertiary/aromatic N) is 1. The molecule has 2 rings (SSSR count). The van der Waals surface area contributed by atoms with Crippen LogP contribution in [0.5, 0.6) is 5.75 Å². The number of halogens is 1. The Labute approximate surface area is 154 Å². The van der Waals surface area contributed by atoms with E-state index >= 15 is 0 Å². The lowest BCUT2D eigenvalue weighted by Crippen LogP contribution is -2.43. The van der Waals surface area contributed by atoms with E-state index in [4.69, 9.17) is 9.47 Å². The predicted molar refractivity (Wildman–Crippen MR) is 98.7 cm³/mol. The van der Waals surface area contributed by atoms with E-state index in [1.165, 1.54) is 4.90 Å². The van der Waals surface area contributed by atoms with Crippen molar-refractivity contribution in [3.05, 3.63) is 23.8 Å². The fourth-order valence-electron chi connectivity index (χ4n) is 2.48. The highest BCUT2D eigenvalue weighted by Gasteiger charge is 2.19. The van der Waals surface area contributed by atoms with Gasteiger partial charge in [-0.05, 0) is 25.1 Å². The third kappa shape index (κ3) is 6.19. The number of morpholine rings is 1. The van der Waals surface area contributed by atoms with Gasteiger partial charge in [0.25, 0.3) is 5.91 Å². The Morgan fingerprint density at radius 3 is 2.76 bits per heavy atom. The first-order valence-electron chi connectivity index (χ1n) is 8.10. The zero-order chi connectivity index (χ0) is 17.5. The van der Waals surface area contributed by atoms with Crippen molar-refractivity contribution in [1.29, 1.82) is 0 Å². The summed E-state index contributed by atoms with van der Waals surface area (Å²) in [7, 11) is 3.37. The van der Waals surface area contributed by atoms with Crippen LogP contribution in [-0.4, -0.2) is 63.2 Å². The Morgan fingerprint density at radius 1 is 1.40 bits per heavy atom. The van der Waals surface area contributed by atoms with Crippen LogP contribution in [0.4, 0.5) is 5.69 Å². The smallest absolute Gasteiger partial charge is 0.253 e. The molecule has 140 valence electrons. The molecule has 0 aromatic heterocycles. The number of benzene rings is 1. The number of hydrogen-bond donors (Lipinski definition) is 2. The van der Waals surface area contributed by atoms with Gasteiger partial charge in [0, 0.05) is 38.7 Å². The maximum absolute atomic E-state index is 12.3. The van der Waals surface area contributed by atoms with Crippen molar-refractivity contribution in [1.82, 2.24) is 10.2 Å². The summed E-state index contributed by atoms with van der Waals surface area (Å²) >= 11 is 0. The first kappa shape index (κ1) is 21.2. The Bertz CT molecular complexity index is 589. The fourth-order valence-corrected chi connectivity index (χ4v) is 2.48. The molecule has 0 saturated carbocycles. The monoisotopic (exact) mass is 371 g/mol. The average molecular weight is 372 g/mol. The molecule has 1 aliphatic rings. The molecule has 1 unspecified atom stereocenters. The average Bonchev–Trinajstić information content (AvgIpc) is 2.56. The van der Waals surface area contributed by atoms with Crippen LogP contribution in [-0.2, 0) is 9.53 Å². The summed E-state index contributed by atoms with van der Waals surface area (Å²) in [5, 5.41) is 6.09. The Balaban J connectivity index is 0.00000312. The third-order valence-electron chi connectivity index (χ3n) is 3.64. The minimum Gasteiger partial charge on any atom is -0.492 e. The Morgan fingerprint density at radius 2 is 2.16 bits per heavy atom. The van der Waals surface area contributed by atoms with Crippen molar-refractivity contribution in [3.8, 4) is 5.75 Å². The second-order valence-electron chi connectivity index (χ2n) is 5.82. The van der Waals surface area contributed by atoms with Crippen molar-refractivity contribution in [3.63, 3.8) is 0 Å². The van der Waals surface area contributed by atoms with Gasteiger partial charge < -0.3 is 25.0 Å². The van der Waals surface area contributed by atoms with Crippen LogP contribution < -0.4 is 15.4 Å². The highest BCUT2D eigenvalue weighted by atomic mass is 35.5. The quantitative estimate of drug-likeness (QED) is 0.792. The number of anilines is 1. The number of nitrogens with one attached hydrogen (secondary N) is 2. The molecule has 0 bridgehead atoms. The van der Waals surface area contributed by atoms with Crippen LogP contribution >= 0.6 is 12.4 Å². The minimum absolute atomic E-state index is 0. The largest absolute Gasteiger partial charge is 0.492 e. The fraction of sp³-hybridized carbons (Fsp3) is 0.529. The molecular formula is C17H26ClN3O4. The standard InChI is InChI=1S/C17H25N3O4.ClH/c1-4-24-15-6-5-12(17(22)20(2)3)9-14(15)19-16(21)10-13-11-23-8-7-18-13;/h5-6,9,13,18H,4,7-8,10-11H2,1-3H3,(H,19,21);1H. The van der Waals surface area contributed by atoms with Crippen molar-refractivity contribution in [2.75, 3.05) is 45.8 Å². The molecule has 8 heteroatoms. The zero-order valence-corrected chi connectivity index (χ0v) is 15.6. The van der Waals surface area contributed by atoms with Crippen LogP contribution in [0, 0.1) is 0 Å². The molecular weight excluding hydrogens is 346 g/mol. The Hall–Kier alpha value is -1.83. The van der Waals surface area contributed by atoms with Gasteiger partial charge in [0.15, 0.2) is 0 Å². The molecule has 1 aromatic carbocycles. The number of ether oxygens (including phenoxy) is 2. The molecule has 0 aliphatic carbocycles. The van der Waals surface area contributed by atoms with E-state index in [1.54, 1.807) is 32.3 Å². The molecule has 7 nitrogen and oxygen atoms in total. The van der Waals surface area contributed by atoms with Crippen LogP contribution in [0.2, 0.25) is 0 Å². The second kappa shape index (κ2) is 10.2. The van der Waals surface area contributed by atoms with Crippen molar-refractivity contribution < 1.29 is 19.1 Å². The summed E-state index contributed by atoms with van der Waals surface area (Å²) in [5.41, 5.74) is 1.00. The summed E-state index contributed by atoms with van der Waals surface area (Å²) in [6.45, 7) is 4.27. The maximum Gasteiger partial charge on any atom is 0.253 e. The van der Waals surface area contributed by atoms with Crippen LogP contribution in [0.3, 0.4) is 0 Å². The number of amides is 2. The van der Waals surface area contributed by atoms with E-state index in [0.717, 1.165) is 6.54 Å². The van der Waals surface area contributed by atoms with Gasteiger partial charge in [-0.2, -0.15) is 0 Å². The molecule has 1 aliphatic heterocycles. The molecule has 1 atom stereocenters. The second-order valence-corrected chi connectivity index (χ2v) is 5.82. The minimum atomic E-state index is -0.145. The summed E-state index contributed by atoms with van der Waals surface area (Å²) in [6.07, 6.45) is 0.303. The molecule has 0 radical (unpaired) electrons. The third-order valence-corrected chi connectivity index (χ3v) is 3.64. The predicted octanol–water partition coefficient (Wildman–Crippen LogP) is 1.53. The molecule has 1 heterocycles. The lowest BCUT2D eigenvalue weighted by Gasteiger charge is -2.23. The molecule has 1 aromatic rings. The molecule has 25 heavy (non-hydrogen) atoms. The number of carbonyl (C=O) groups excluding carboxylic acids is 2. The van der Waals surface area contributed by atoms with E-state index in [9.17, 15) is 9.59 Å². The molecule has 1 fully saturated rings. The molecule has 1 saturated heterocycles. The van der Waals surface area contributed by atoms with Crippen molar-refractivity contribution in [2.24, 2.45) is 0 Å². The normalized spacial score (nSPS) is 16.5. The molecule has 0 spiro atoms. The zero-order valence-electron chi connectivity index (χ0n) is 14.8. The van der Waals surface area contributed by atoms with Crippen LogP contribution in [0.25, 0.3) is 0 Å². The maximum atomic E-state index is 12.3. The first-order chi connectivity index (χ1) is 11.5. The van der Waals surface area contributed by atoms with E-state index < -0.39 is 0 Å². The SMILES string of the molecule is CCOc1ccc(C(=O)N(C)C)cc1NC(=O)CC1COCCN1.Cl. The lowest BCUT2D eigenvalue weighted by atomic mass is 10.1. The summed E-state index contributed by atoms with van der Waals surface area (Å²) in [4.78, 5) is 25.9. The van der Waals surface area contributed by atoms with E-state index in [2.05, 4.69) is 10.6 Å². The van der Waals surface area contributed by atoms with Gasteiger partial charge in [0.2, 0.25) is 5.91 Å². The van der Waals surface area contributed by atoms with Crippen LogP contribution in [0.1, 0.15) is 23.7 Å². The first-order valence-corrected chi connectivity index (χ1v) is 8.10. The van der Waals surface area contributed by atoms with Gasteiger partial charge in [-0.3, -0.25) is 9.59 Å². The van der Waals surface area contributed by atoms with Gasteiger partial charge in [0.1, 0.15) is 5.75 Å². The summed E-state index contributed by atoms with van der Waals surface area (Å²) < 4.78 is 10.9. The highest BCUT2D eigenvalue weighted by Crippen LogP contribution is 2.26. The number of rotatable bonds is 6. The van der Waals surface area contributed by atoms with Gasteiger partial charge in [-0.15, -0.1) is 12.4 Å². The van der Waals surface area contributed by atoms with Crippen molar-refractivity contribution in [2.45, 2.75) is 19.4 Å². The molecule has 2 amide bonds. The van der Waals surface area contributed by atoms with Gasteiger partial charge >= 0.3 is 0 Å². The van der Waals surface area contributed by atoms with Crippen molar-refractivity contribution >= 4 is 29.9 Å². The topological polar surface area (TPSA) is 79.9 Å². The Kier molecular flexibility index (Phi) is 8.68. The molecule has 2 N–H and O–H groups in total. The lowest BCUT2D eigenvalue weighted by molar-refractivity contribution is -0.117. The van der Waals surface area contributed by atoms with Gasteiger partial charge in [0.05, 0.1) is 25.5 Å². The van der Waals surface area contributed by atoms with E-state index in [1.807, 2.05) is 6.92 Å². The van der Waals surface area contributed by atoms with Gasteiger partial charge in [-0.1, -0.05) is 0 Å². The summed E-state index contributed by atoms with van der Waals surface area (Å²) in [5.74, 6) is 0.276. The summed E-state index contributed by atoms with van der Waals surface area (Å²) in [6, 6.07) is 5.05.